The maximum Gasteiger partial charge on any atom is 0.179 e. The number of aromatic nitrogens is 1. The first-order chi connectivity index (χ1) is 7.57. The van der Waals surface area contributed by atoms with Crippen LogP contribution in [0, 0.1) is 0 Å². The van der Waals surface area contributed by atoms with E-state index in [2.05, 4.69) is 10.3 Å². The lowest BCUT2D eigenvalue weighted by molar-refractivity contribution is 0.601. The number of nitrogens with one attached hydrogen (secondary N) is 1. The molecule has 1 atom stereocenters. The van der Waals surface area contributed by atoms with Gasteiger partial charge >= 0.3 is 0 Å². The van der Waals surface area contributed by atoms with Crippen LogP contribution in [-0.2, 0) is 9.84 Å². The van der Waals surface area contributed by atoms with Crippen molar-refractivity contribution in [3.63, 3.8) is 0 Å². The minimum atomic E-state index is -3.21. The normalized spacial score (nSPS) is 20.9. The van der Waals surface area contributed by atoms with E-state index in [0.717, 1.165) is 17.9 Å². The predicted octanol–water partition coefficient (Wildman–Crippen LogP) is 1.40. The molecule has 0 saturated carbocycles. The third-order valence-corrected chi connectivity index (χ3v) is 4.73. The number of sulfone groups is 1. The standard InChI is InChI=1S/C10H14N2O2S2/c1-16(13,14)9-3-2-5-11-10(9)12-8-4-6-15-7-8/h2-3,5,8H,4,6-7H2,1H3,(H,11,12). The van der Waals surface area contributed by atoms with Crippen molar-refractivity contribution in [2.75, 3.05) is 23.1 Å². The first-order valence-corrected chi connectivity index (χ1v) is 8.11. The second kappa shape index (κ2) is 4.63. The maximum atomic E-state index is 11.5. The summed E-state index contributed by atoms with van der Waals surface area (Å²) in [5, 5.41) is 3.20. The number of thioether (sulfide) groups is 1. The SMILES string of the molecule is CS(=O)(=O)c1cccnc1NC1CCSC1. The summed E-state index contributed by atoms with van der Waals surface area (Å²) in [4.78, 5) is 4.39. The molecule has 2 rings (SSSR count). The van der Waals surface area contributed by atoms with Crippen molar-refractivity contribution in [1.82, 2.24) is 4.98 Å². The van der Waals surface area contributed by atoms with Gasteiger partial charge in [0, 0.05) is 24.2 Å². The van der Waals surface area contributed by atoms with Gasteiger partial charge < -0.3 is 5.32 Å². The number of hydrogen-bond donors (Lipinski definition) is 1. The van der Waals surface area contributed by atoms with Gasteiger partial charge in [0.25, 0.3) is 0 Å². The summed E-state index contributed by atoms with van der Waals surface area (Å²) in [5.41, 5.74) is 0. The minimum Gasteiger partial charge on any atom is -0.365 e. The molecular formula is C10H14N2O2S2. The highest BCUT2D eigenvalue weighted by atomic mass is 32.2. The van der Waals surface area contributed by atoms with Crippen molar-refractivity contribution in [2.24, 2.45) is 0 Å². The van der Waals surface area contributed by atoms with E-state index < -0.39 is 9.84 Å². The fourth-order valence-electron chi connectivity index (χ4n) is 1.64. The average Bonchev–Trinajstić information content (AvgIpc) is 2.70. The van der Waals surface area contributed by atoms with Crippen LogP contribution in [0.4, 0.5) is 5.82 Å². The molecule has 0 spiro atoms. The third-order valence-electron chi connectivity index (χ3n) is 2.44. The van der Waals surface area contributed by atoms with E-state index >= 15 is 0 Å². The molecule has 1 aromatic rings. The van der Waals surface area contributed by atoms with Crippen molar-refractivity contribution in [3.8, 4) is 0 Å². The maximum absolute atomic E-state index is 11.5. The van der Waals surface area contributed by atoms with Crippen molar-refractivity contribution in [1.29, 1.82) is 0 Å². The molecular weight excluding hydrogens is 244 g/mol. The Bertz CT molecular complexity index is 467. The summed E-state index contributed by atoms with van der Waals surface area (Å²) in [7, 11) is -3.21. The molecule has 1 aliphatic heterocycles. The Hall–Kier alpha value is -0.750. The molecule has 1 aromatic heterocycles. The van der Waals surface area contributed by atoms with E-state index in [1.807, 2.05) is 11.8 Å². The van der Waals surface area contributed by atoms with E-state index in [4.69, 9.17) is 0 Å². The highest BCUT2D eigenvalue weighted by molar-refractivity contribution is 7.99. The van der Waals surface area contributed by atoms with Crippen LogP contribution < -0.4 is 5.32 Å². The van der Waals surface area contributed by atoms with E-state index in [-0.39, 0.29) is 4.90 Å². The average molecular weight is 258 g/mol. The Labute approximate surface area is 99.8 Å². The molecule has 1 aliphatic rings. The predicted molar refractivity (Wildman–Crippen MR) is 66.7 cm³/mol. The van der Waals surface area contributed by atoms with Gasteiger partial charge in [-0.3, -0.25) is 0 Å². The monoisotopic (exact) mass is 258 g/mol. The molecule has 0 aromatic carbocycles. The van der Waals surface area contributed by atoms with Crippen LogP contribution in [0.2, 0.25) is 0 Å². The van der Waals surface area contributed by atoms with Gasteiger partial charge in [0.1, 0.15) is 10.7 Å². The summed E-state index contributed by atoms with van der Waals surface area (Å²) in [6.45, 7) is 0. The van der Waals surface area contributed by atoms with Gasteiger partial charge in [-0.05, 0) is 24.3 Å². The molecule has 2 heterocycles. The van der Waals surface area contributed by atoms with Crippen molar-refractivity contribution in [2.45, 2.75) is 17.4 Å². The van der Waals surface area contributed by atoms with Gasteiger partial charge in [-0.1, -0.05) is 0 Å². The molecule has 0 radical (unpaired) electrons. The summed E-state index contributed by atoms with van der Waals surface area (Å²) < 4.78 is 23.1. The van der Waals surface area contributed by atoms with Crippen molar-refractivity contribution in [3.05, 3.63) is 18.3 Å². The number of anilines is 1. The van der Waals surface area contributed by atoms with E-state index in [0.29, 0.717) is 11.9 Å². The number of hydrogen-bond acceptors (Lipinski definition) is 5. The van der Waals surface area contributed by atoms with Crippen molar-refractivity contribution >= 4 is 27.4 Å². The zero-order valence-electron chi connectivity index (χ0n) is 9.01. The molecule has 0 aliphatic carbocycles. The van der Waals surface area contributed by atoms with Gasteiger partial charge in [0.2, 0.25) is 0 Å². The smallest absolute Gasteiger partial charge is 0.179 e. The quantitative estimate of drug-likeness (QED) is 0.888. The molecule has 16 heavy (non-hydrogen) atoms. The van der Waals surface area contributed by atoms with E-state index in [9.17, 15) is 8.42 Å². The van der Waals surface area contributed by atoms with Crippen LogP contribution >= 0.6 is 11.8 Å². The summed E-state index contributed by atoms with van der Waals surface area (Å²) in [6, 6.07) is 3.57. The highest BCUT2D eigenvalue weighted by Gasteiger charge is 2.19. The molecule has 88 valence electrons. The van der Waals surface area contributed by atoms with Crippen LogP contribution in [0.15, 0.2) is 23.2 Å². The van der Waals surface area contributed by atoms with Gasteiger partial charge in [-0.25, -0.2) is 13.4 Å². The molecule has 1 fully saturated rings. The molecule has 6 heteroatoms. The Kier molecular flexibility index (Phi) is 3.39. The van der Waals surface area contributed by atoms with E-state index in [1.165, 1.54) is 6.26 Å². The van der Waals surface area contributed by atoms with Crippen LogP contribution in [0.25, 0.3) is 0 Å². The molecule has 0 amide bonds. The highest BCUT2D eigenvalue weighted by Crippen LogP contribution is 2.24. The zero-order valence-corrected chi connectivity index (χ0v) is 10.6. The van der Waals surface area contributed by atoms with Gasteiger partial charge in [-0.15, -0.1) is 0 Å². The van der Waals surface area contributed by atoms with Crippen LogP contribution in [-0.4, -0.2) is 37.2 Å². The van der Waals surface area contributed by atoms with Gasteiger partial charge in [0.05, 0.1) is 0 Å². The van der Waals surface area contributed by atoms with Crippen LogP contribution in [0.5, 0.6) is 0 Å². The fourth-order valence-corrected chi connectivity index (χ4v) is 3.58. The van der Waals surface area contributed by atoms with Crippen LogP contribution in [0.3, 0.4) is 0 Å². The number of nitrogens with zero attached hydrogens (tertiary/aromatic N) is 1. The molecule has 1 N–H and O–H groups in total. The van der Waals surface area contributed by atoms with Crippen molar-refractivity contribution < 1.29 is 8.42 Å². The lowest BCUT2D eigenvalue weighted by Gasteiger charge is -2.14. The summed E-state index contributed by atoms with van der Waals surface area (Å²) in [5.74, 6) is 2.62. The minimum absolute atomic E-state index is 0.284. The number of pyridine rings is 1. The summed E-state index contributed by atoms with van der Waals surface area (Å²) >= 11 is 1.88. The second-order valence-corrected chi connectivity index (χ2v) is 6.96. The lowest BCUT2D eigenvalue weighted by atomic mass is 10.2. The Morgan fingerprint density at radius 2 is 2.38 bits per heavy atom. The molecule has 4 nitrogen and oxygen atoms in total. The Morgan fingerprint density at radius 3 is 3.00 bits per heavy atom. The first-order valence-electron chi connectivity index (χ1n) is 5.07. The number of rotatable bonds is 3. The second-order valence-electron chi connectivity index (χ2n) is 3.83. The zero-order chi connectivity index (χ0) is 11.6. The lowest BCUT2D eigenvalue weighted by Crippen LogP contribution is -2.20. The Balaban J connectivity index is 2.26. The fraction of sp³-hybridized carbons (Fsp3) is 0.500. The molecule has 0 bridgehead atoms. The molecule has 1 saturated heterocycles. The molecule has 1 unspecified atom stereocenters. The van der Waals surface area contributed by atoms with Gasteiger partial charge in [0.15, 0.2) is 9.84 Å². The van der Waals surface area contributed by atoms with Crippen LogP contribution in [0.1, 0.15) is 6.42 Å². The van der Waals surface area contributed by atoms with E-state index in [1.54, 1.807) is 18.3 Å². The third kappa shape index (κ3) is 2.68. The summed E-state index contributed by atoms with van der Waals surface area (Å²) in [6.07, 6.45) is 3.88. The first kappa shape index (κ1) is 11.7. The largest absolute Gasteiger partial charge is 0.365 e. The van der Waals surface area contributed by atoms with Gasteiger partial charge in [-0.2, -0.15) is 11.8 Å². The topological polar surface area (TPSA) is 59.1 Å². The Morgan fingerprint density at radius 1 is 1.56 bits per heavy atom.